The number of nitrogen functional groups attached to an aromatic ring is 1. The Morgan fingerprint density at radius 1 is 1.35 bits per heavy atom. The summed E-state index contributed by atoms with van der Waals surface area (Å²) in [5, 5.41) is 0. The number of pyridine rings is 1. The van der Waals surface area contributed by atoms with Crippen molar-refractivity contribution in [3.63, 3.8) is 0 Å². The van der Waals surface area contributed by atoms with Gasteiger partial charge in [-0.15, -0.1) is 0 Å². The number of aromatic nitrogens is 1. The van der Waals surface area contributed by atoms with E-state index in [4.69, 9.17) is 5.73 Å². The molecule has 0 saturated carbocycles. The molecule has 17 heavy (non-hydrogen) atoms. The number of alkyl halides is 3. The molecule has 0 spiro atoms. The summed E-state index contributed by atoms with van der Waals surface area (Å²) in [7, 11) is 0. The molecule has 6 heteroatoms. The van der Waals surface area contributed by atoms with E-state index in [1.807, 2.05) is 0 Å². The molecule has 1 aromatic rings. The summed E-state index contributed by atoms with van der Waals surface area (Å²) in [5.41, 5.74) is 6.00. The maximum absolute atomic E-state index is 12.6. The number of nitrogens with two attached hydrogens (primary N) is 1. The fourth-order valence-electron chi connectivity index (χ4n) is 2.04. The first-order chi connectivity index (χ1) is 7.97. The van der Waals surface area contributed by atoms with Gasteiger partial charge in [0.2, 0.25) is 0 Å². The van der Waals surface area contributed by atoms with Crippen LogP contribution in [0, 0.1) is 5.92 Å². The van der Waals surface area contributed by atoms with E-state index in [0.717, 1.165) is 0 Å². The van der Waals surface area contributed by atoms with Crippen LogP contribution in [-0.4, -0.2) is 24.2 Å². The van der Waals surface area contributed by atoms with Gasteiger partial charge in [-0.1, -0.05) is 0 Å². The smallest absolute Gasteiger partial charge is 0.393 e. The van der Waals surface area contributed by atoms with Crippen LogP contribution < -0.4 is 10.6 Å². The summed E-state index contributed by atoms with van der Waals surface area (Å²) in [6.45, 7) is 0.601. The molecule has 2 heterocycles. The highest BCUT2D eigenvalue weighted by Crippen LogP contribution is 2.34. The highest BCUT2D eigenvalue weighted by Gasteiger charge is 2.41. The van der Waals surface area contributed by atoms with E-state index in [2.05, 4.69) is 4.98 Å². The average molecular weight is 245 g/mol. The predicted octanol–water partition coefficient (Wildman–Crippen LogP) is 2.44. The number of piperidine rings is 1. The van der Waals surface area contributed by atoms with E-state index in [1.165, 1.54) is 6.20 Å². The fraction of sp³-hybridized carbons (Fsp3) is 0.545. The van der Waals surface area contributed by atoms with E-state index in [-0.39, 0.29) is 13.0 Å². The van der Waals surface area contributed by atoms with Gasteiger partial charge in [-0.25, -0.2) is 4.98 Å². The van der Waals surface area contributed by atoms with Crippen molar-refractivity contribution < 1.29 is 13.2 Å². The van der Waals surface area contributed by atoms with Crippen molar-refractivity contribution in [3.05, 3.63) is 18.3 Å². The SMILES string of the molecule is Nc1ccc(N2CCC[C@@H](C(F)(F)F)C2)nc1. The standard InChI is InChI=1S/C11H14F3N3/c12-11(13,14)8-2-1-5-17(7-8)10-4-3-9(15)6-16-10/h3-4,6,8H,1-2,5,7,15H2/t8-/m1/s1. The van der Waals surface area contributed by atoms with Crippen molar-refractivity contribution in [2.45, 2.75) is 19.0 Å². The third kappa shape index (κ3) is 2.81. The second kappa shape index (κ2) is 4.43. The highest BCUT2D eigenvalue weighted by molar-refractivity contribution is 5.46. The van der Waals surface area contributed by atoms with E-state index in [9.17, 15) is 13.2 Å². The largest absolute Gasteiger partial charge is 0.397 e. The molecule has 2 rings (SSSR count). The Hall–Kier alpha value is -1.46. The molecular weight excluding hydrogens is 231 g/mol. The summed E-state index contributed by atoms with van der Waals surface area (Å²) in [6, 6.07) is 3.31. The number of nitrogens with zero attached hydrogens (tertiary/aromatic N) is 2. The minimum atomic E-state index is -4.12. The lowest BCUT2D eigenvalue weighted by Crippen LogP contribution is -2.42. The molecular formula is C11H14F3N3. The Labute approximate surface area is 97.4 Å². The number of anilines is 2. The monoisotopic (exact) mass is 245 g/mol. The van der Waals surface area contributed by atoms with Crippen molar-refractivity contribution >= 4 is 11.5 Å². The van der Waals surface area contributed by atoms with Crippen LogP contribution in [0.2, 0.25) is 0 Å². The van der Waals surface area contributed by atoms with Gasteiger partial charge in [-0.3, -0.25) is 0 Å². The Kier molecular flexibility index (Phi) is 3.13. The van der Waals surface area contributed by atoms with Gasteiger partial charge in [0.25, 0.3) is 0 Å². The van der Waals surface area contributed by atoms with Crippen LogP contribution in [0.3, 0.4) is 0 Å². The van der Waals surface area contributed by atoms with Crippen LogP contribution >= 0.6 is 0 Å². The summed E-state index contributed by atoms with van der Waals surface area (Å²) >= 11 is 0. The molecule has 0 amide bonds. The Bertz CT molecular complexity index is 375. The van der Waals surface area contributed by atoms with Gasteiger partial charge in [0.05, 0.1) is 17.8 Å². The van der Waals surface area contributed by atoms with Gasteiger partial charge >= 0.3 is 6.18 Å². The number of hydrogen-bond donors (Lipinski definition) is 1. The Morgan fingerprint density at radius 2 is 2.12 bits per heavy atom. The first kappa shape index (κ1) is 12.0. The van der Waals surface area contributed by atoms with Crippen LogP contribution in [0.5, 0.6) is 0 Å². The molecule has 0 radical (unpaired) electrons. The number of hydrogen-bond acceptors (Lipinski definition) is 3. The van der Waals surface area contributed by atoms with Gasteiger partial charge in [-0.05, 0) is 25.0 Å². The molecule has 3 nitrogen and oxygen atoms in total. The molecule has 0 aromatic carbocycles. The maximum Gasteiger partial charge on any atom is 0.393 e. The number of rotatable bonds is 1. The molecule has 1 aliphatic heterocycles. The van der Waals surface area contributed by atoms with Crippen molar-refractivity contribution in [2.24, 2.45) is 5.92 Å². The first-order valence-corrected chi connectivity index (χ1v) is 5.50. The molecule has 2 N–H and O–H groups in total. The van der Waals surface area contributed by atoms with Gasteiger partial charge in [0.1, 0.15) is 5.82 Å². The van der Waals surface area contributed by atoms with E-state index in [0.29, 0.717) is 24.5 Å². The van der Waals surface area contributed by atoms with Gasteiger partial charge < -0.3 is 10.6 Å². The number of halogens is 3. The first-order valence-electron chi connectivity index (χ1n) is 5.50. The van der Waals surface area contributed by atoms with E-state index < -0.39 is 12.1 Å². The van der Waals surface area contributed by atoms with Gasteiger partial charge in [0, 0.05) is 13.1 Å². The van der Waals surface area contributed by atoms with Crippen molar-refractivity contribution in [1.29, 1.82) is 0 Å². The highest BCUT2D eigenvalue weighted by atomic mass is 19.4. The average Bonchev–Trinajstić information content (AvgIpc) is 2.29. The summed E-state index contributed by atoms with van der Waals surface area (Å²) in [4.78, 5) is 5.72. The summed E-state index contributed by atoms with van der Waals surface area (Å²) < 4.78 is 37.9. The van der Waals surface area contributed by atoms with Crippen LogP contribution in [0.4, 0.5) is 24.7 Å². The molecule has 1 atom stereocenters. The summed E-state index contributed by atoms with van der Waals surface area (Å²) in [5.74, 6) is -0.691. The fourth-order valence-corrected chi connectivity index (χ4v) is 2.04. The molecule has 1 saturated heterocycles. The zero-order valence-electron chi connectivity index (χ0n) is 9.24. The quantitative estimate of drug-likeness (QED) is 0.826. The second-order valence-electron chi connectivity index (χ2n) is 4.28. The maximum atomic E-state index is 12.6. The molecule has 1 aliphatic rings. The minimum absolute atomic E-state index is 0.0135. The van der Waals surface area contributed by atoms with E-state index >= 15 is 0 Å². The van der Waals surface area contributed by atoms with Crippen LogP contribution in [0.15, 0.2) is 18.3 Å². The third-order valence-corrected chi connectivity index (χ3v) is 2.98. The topological polar surface area (TPSA) is 42.1 Å². The van der Waals surface area contributed by atoms with Crippen molar-refractivity contribution in [3.8, 4) is 0 Å². The third-order valence-electron chi connectivity index (χ3n) is 2.98. The van der Waals surface area contributed by atoms with Crippen LogP contribution in [0.25, 0.3) is 0 Å². The lowest BCUT2D eigenvalue weighted by Gasteiger charge is -2.34. The zero-order chi connectivity index (χ0) is 12.5. The minimum Gasteiger partial charge on any atom is -0.397 e. The zero-order valence-corrected chi connectivity index (χ0v) is 9.24. The normalized spacial score (nSPS) is 21.6. The molecule has 0 bridgehead atoms. The molecule has 0 aliphatic carbocycles. The van der Waals surface area contributed by atoms with Gasteiger partial charge in [-0.2, -0.15) is 13.2 Å². The van der Waals surface area contributed by atoms with Crippen molar-refractivity contribution in [2.75, 3.05) is 23.7 Å². The van der Waals surface area contributed by atoms with Crippen LogP contribution in [0.1, 0.15) is 12.8 Å². The van der Waals surface area contributed by atoms with Gasteiger partial charge in [0.15, 0.2) is 0 Å². The molecule has 0 unspecified atom stereocenters. The van der Waals surface area contributed by atoms with E-state index in [1.54, 1.807) is 17.0 Å². The lowest BCUT2D eigenvalue weighted by molar-refractivity contribution is -0.176. The summed E-state index contributed by atoms with van der Waals surface area (Å²) in [6.07, 6.45) is -1.91. The Balaban J connectivity index is 2.09. The van der Waals surface area contributed by atoms with Crippen molar-refractivity contribution in [1.82, 2.24) is 4.98 Å². The molecule has 94 valence electrons. The second-order valence-corrected chi connectivity index (χ2v) is 4.28. The Morgan fingerprint density at radius 3 is 2.71 bits per heavy atom. The van der Waals surface area contributed by atoms with Crippen LogP contribution in [-0.2, 0) is 0 Å². The predicted molar refractivity (Wildman–Crippen MR) is 59.6 cm³/mol. The molecule has 1 fully saturated rings. The molecule has 1 aromatic heterocycles. The lowest BCUT2D eigenvalue weighted by atomic mass is 9.97.